The molecule has 1 aliphatic rings. The van der Waals surface area contributed by atoms with Crippen LogP contribution in [-0.4, -0.2) is 43.7 Å². The fraction of sp³-hybridized carbons (Fsp3) is 1.00. The van der Waals surface area contributed by atoms with Gasteiger partial charge in [-0.05, 0) is 0 Å². The molecule has 0 aliphatic carbocycles. The van der Waals surface area contributed by atoms with Gasteiger partial charge < -0.3 is 0 Å². The van der Waals surface area contributed by atoms with Gasteiger partial charge in [-0.25, -0.2) is 0 Å². The quantitative estimate of drug-likeness (QED) is 0.405. The molecule has 1 unspecified atom stereocenters. The monoisotopic (exact) mass is 386 g/mol. The Morgan fingerprint density at radius 2 is 2.09 bits per heavy atom. The molecule has 1 rings (SSSR count). The van der Waals surface area contributed by atoms with Crippen LogP contribution >= 0.6 is 23.5 Å². The molecule has 0 radical (unpaired) electrons. The summed E-state index contributed by atoms with van der Waals surface area (Å²) >= 11 is 2.81. The predicted octanol–water partition coefficient (Wildman–Crippen LogP) is 3.17. The first kappa shape index (κ1) is 10.7. The Labute approximate surface area is 83.9 Å². The van der Waals surface area contributed by atoms with Crippen LogP contribution in [0.1, 0.15) is 0 Å². The van der Waals surface area contributed by atoms with Crippen molar-refractivity contribution in [2.24, 2.45) is 0 Å². The summed E-state index contributed by atoms with van der Waals surface area (Å²) in [5.41, 5.74) is 0. The van der Waals surface area contributed by atoms with Gasteiger partial charge in [0.25, 0.3) is 0 Å². The van der Waals surface area contributed by atoms with Crippen LogP contribution in [0, 0.1) is 0 Å². The van der Waals surface area contributed by atoms with E-state index in [1.165, 1.54) is 17.3 Å². The predicted molar refractivity (Wildman–Crippen MR) is 61.7 cm³/mol. The van der Waals surface area contributed by atoms with Gasteiger partial charge in [0.1, 0.15) is 0 Å². The van der Waals surface area contributed by atoms with Crippen LogP contribution in [0.5, 0.6) is 0 Å². The zero-order valence-electron chi connectivity index (χ0n) is 7.72. The molecule has 11 heavy (non-hydrogen) atoms. The second-order valence-electron chi connectivity index (χ2n) is 4.34. The van der Waals surface area contributed by atoms with Crippen LogP contribution in [0.2, 0.25) is 17.4 Å². The fourth-order valence-electron chi connectivity index (χ4n) is 0.757. The average Bonchev–Trinajstić information content (AvgIpc) is 2.60. The van der Waals surface area contributed by atoms with Gasteiger partial charge in [-0.3, -0.25) is 0 Å². The van der Waals surface area contributed by atoms with E-state index in [2.05, 4.69) is 37.0 Å². The van der Waals surface area contributed by atoms with Crippen LogP contribution in [0.4, 0.5) is 0 Å². The molecule has 66 valence electrons. The third-order valence-corrected chi connectivity index (χ3v) is 12.2. The molecular formula is C8H18PbS2. The number of rotatable bonds is 5. The van der Waals surface area contributed by atoms with Gasteiger partial charge in [-0.15, -0.1) is 0 Å². The van der Waals surface area contributed by atoms with E-state index in [9.17, 15) is 0 Å². The van der Waals surface area contributed by atoms with Crippen molar-refractivity contribution < 1.29 is 0 Å². The average molecular weight is 386 g/mol. The van der Waals surface area contributed by atoms with E-state index in [4.69, 9.17) is 0 Å². The minimum absolute atomic E-state index is 1.04. The summed E-state index contributed by atoms with van der Waals surface area (Å²) in [6, 6.07) is 0. The molecule has 0 spiro atoms. The Kier molecular flexibility index (Phi) is 4.62. The van der Waals surface area contributed by atoms with E-state index >= 15 is 0 Å². The summed E-state index contributed by atoms with van der Waals surface area (Å²) in [6.45, 7) is 0. The van der Waals surface area contributed by atoms with Crippen molar-refractivity contribution in [3.05, 3.63) is 0 Å². The summed E-state index contributed by atoms with van der Waals surface area (Å²) in [6.07, 6.45) is 0. The van der Waals surface area contributed by atoms with Gasteiger partial charge >= 0.3 is 84.6 Å². The molecule has 0 bridgehead atoms. The van der Waals surface area contributed by atoms with Crippen LogP contribution in [0.25, 0.3) is 0 Å². The van der Waals surface area contributed by atoms with Crippen molar-refractivity contribution >= 4 is 44.7 Å². The zero-order chi connectivity index (χ0) is 8.32. The first-order chi connectivity index (χ1) is 5.08. The van der Waals surface area contributed by atoms with Crippen molar-refractivity contribution in [2.45, 2.75) is 22.7 Å². The van der Waals surface area contributed by atoms with Gasteiger partial charge in [0.2, 0.25) is 0 Å². The second-order valence-corrected chi connectivity index (χ2v) is 28.7. The SMILES string of the molecule is [CH3][Pb]([CH3])([CH3])[CH2]CSCC1CS1. The number of hydrogen-bond donors (Lipinski definition) is 0. The van der Waals surface area contributed by atoms with E-state index < -0.39 is 21.2 Å². The van der Waals surface area contributed by atoms with Crippen molar-refractivity contribution in [2.75, 3.05) is 17.3 Å². The maximum absolute atomic E-state index is 2.54. The van der Waals surface area contributed by atoms with Gasteiger partial charge in [0.05, 0.1) is 0 Å². The molecule has 0 aromatic rings. The molecule has 1 aliphatic heterocycles. The van der Waals surface area contributed by atoms with Gasteiger partial charge in [0.15, 0.2) is 0 Å². The first-order valence-corrected chi connectivity index (χ1v) is 20.9. The van der Waals surface area contributed by atoms with Crippen LogP contribution in [0.15, 0.2) is 0 Å². The third-order valence-electron chi connectivity index (χ3n) is 1.70. The van der Waals surface area contributed by atoms with Gasteiger partial charge in [0, 0.05) is 0 Å². The van der Waals surface area contributed by atoms with E-state index in [0.717, 1.165) is 5.25 Å². The molecule has 1 saturated heterocycles. The zero-order valence-corrected chi connectivity index (χ0v) is 13.2. The van der Waals surface area contributed by atoms with Crippen LogP contribution in [0.3, 0.4) is 0 Å². The van der Waals surface area contributed by atoms with Crippen molar-refractivity contribution in [1.29, 1.82) is 0 Å². The van der Waals surface area contributed by atoms with E-state index in [-0.39, 0.29) is 0 Å². The molecular weight excluding hydrogens is 367 g/mol. The molecule has 0 amide bonds. The Hall–Kier alpha value is 1.62. The molecule has 0 nitrogen and oxygen atoms in total. The topological polar surface area (TPSA) is 0 Å². The molecule has 1 atom stereocenters. The second kappa shape index (κ2) is 4.75. The Morgan fingerprint density at radius 1 is 1.45 bits per heavy atom. The molecule has 1 fully saturated rings. The summed E-state index contributed by atoms with van der Waals surface area (Å²) in [5.74, 6) is 4.31. The van der Waals surface area contributed by atoms with Crippen molar-refractivity contribution in [3.8, 4) is 0 Å². The Morgan fingerprint density at radius 3 is 2.55 bits per heavy atom. The Bertz CT molecular complexity index is 116. The van der Waals surface area contributed by atoms with Gasteiger partial charge in [-0.1, -0.05) is 0 Å². The summed E-state index contributed by atoms with van der Waals surface area (Å²) in [5, 5.41) is 1.04. The van der Waals surface area contributed by atoms with Gasteiger partial charge in [-0.2, -0.15) is 0 Å². The fourth-order valence-corrected chi connectivity index (χ4v) is 12.0. The molecule has 0 N–H and O–H groups in total. The van der Waals surface area contributed by atoms with Crippen LogP contribution in [-0.2, 0) is 0 Å². The molecule has 3 heteroatoms. The summed E-state index contributed by atoms with van der Waals surface area (Å²) < 4.78 is 9.20. The van der Waals surface area contributed by atoms with Crippen molar-refractivity contribution in [3.63, 3.8) is 0 Å². The maximum atomic E-state index is 2.54. The summed E-state index contributed by atoms with van der Waals surface area (Å²) in [4.78, 5) is 0. The van der Waals surface area contributed by atoms with E-state index in [1.54, 1.807) is 3.98 Å². The molecule has 0 aromatic heterocycles. The third kappa shape index (κ3) is 6.75. The standard InChI is InChI=1S/C5H9S2.3CH3.Pb/c1-2-6-3-5-4-7-5;;;;/h5H,1-4H2;3*1H3;. The van der Waals surface area contributed by atoms with Crippen molar-refractivity contribution in [1.82, 2.24) is 0 Å². The Balaban J connectivity index is 1.87. The summed E-state index contributed by atoms with van der Waals surface area (Å²) in [7, 11) is 0. The molecule has 1 heterocycles. The molecule has 0 aromatic carbocycles. The molecule has 0 saturated carbocycles. The van der Waals surface area contributed by atoms with E-state index in [1.807, 2.05) is 0 Å². The van der Waals surface area contributed by atoms with E-state index in [0.29, 0.717) is 0 Å². The first-order valence-electron chi connectivity index (χ1n) is 4.27. The number of hydrogen-bond acceptors (Lipinski definition) is 2. The number of thioether (sulfide) groups is 2. The van der Waals surface area contributed by atoms with Crippen LogP contribution < -0.4 is 0 Å². The normalized spacial score (nSPS) is 23.7. The minimum atomic E-state index is -1.50.